The number of nitrogen functional groups attached to an aromatic ring is 1. The Kier molecular flexibility index (Phi) is 4.15. The molecule has 0 aliphatic carbocycles. The molecule has 1 aromatic heterocycles. The molecule has 116 valence electrons. The van der Waals surface area contributed by atoms with Crippen LogP contribution in [-0.4, -0.2) is 18.1 Å². The van der Waals surface area contributed by atoms with E-state index in [1.807, 2.05) is 18.2 Å². The van der Waals surface area contributed by atoms with Gasteiger partial charge >= 0.3 is 5.97 Å². The molecule has 4 nitrogen and oxygen atoms in total. The van der Waals surface area contributed by atoms with Gasteiger partial charge in [-0.05, 0) is 22.3 Å². The summed E-state index contributed by atoms with van der Waals surface area (Å²) in [5.74, 6) is -0.451. The predicted molar refractivity (Wildman–Crippen MR) is 91.2 cm³/mol. The molecule has 0 aliphatic heterocycles. The van der Waals surface area contributed by atoms with Crippen LogP contribution in [0.15, 0.2) is 60.8 Å². The van der Waals surface area contributed by atoms with Crippen molar-refractivity contribution in [2.75, 3.05) is 12.8 Å². The maximum atomic E-state index is 11.6. The second-order valence-corrected chi connectivity index (χ2v) is 5.33. The summed E-state index contributed by atoms with van der Waals surface area (Å²) in [5.41, 5.74) is 11.2. The van der Waals surface area contributed by atoms with Crippen molar-refractivity contribution in [2.24, 2.45) is 0 Å². The van der Waals surface area contributed by atoms with Gasteiger partial charge in [0.1, 0.15) is 5.69 Å². The molecule has 0 spiro atoms. The highest BCUT2D eigenvalue weighted by Gasteiger charge is 2.15. The molecular weight excluding hydrogens is 288 g/mol. The molecule has 0 radical (unpaired) electrons. The van der Waals surface area contributed by atoms with Crippen LogP contribution in [0.5, 0.6) is 0 Å². The molecule has 0 amide bonds. The summed E-state index contributed by atoms with van der Waals surface area (Å²) in [7, 11) is 1.34. The number of aromatic nitrogens is 1. The van der Waals surface area contributed by atoms with Gasteiger partial charge in [-0.3, -0.25) is 0 Å². The molecule has 0 fully saturated rings. The average Bonchev–Trinajstić information content (AvgIpc) is 2.96. The van der Waals surface area contributed by atoms with Crippen molar-refractivity contribution in [3.05, 3.63) is 77.6 Å². The number of methoxy groups -OCH3 is 1. The van der Waals surface area contributed by atoms with Crippen molar-refractivity contribution in [1.29, 1.82) is 0 Å². The summed E-state index contributed by atoms with van der Waals surface area (Å²) in [5, 5.41) is 0. The molecule has 0 atom stereocenters. The smallest absolute Gasteiger partial charge is 0.356 e. The fraction of sp³-hybridized carbons (Fsp3) is 0.105. The summed E-state index contributed by atoms with van der Waals surface area (Å²) in [6, 6.07) is 18.6. The number of anilines is 1. The zero-order valence-corrected chi connectivity index (χ0v) is 12.9. The van der Waals surface area contributed by atoms with Crippen LogP contribution >= 0.6 is 0 Å². The first kappa shape index (κ1) is 14.9. The number of ether oxygens (including phenoxy) is 1. The van der Waals surface area contributed by atoms with E-state index in [1.54, 1.807) is 6.20 Å². The minimum absolute atomic E-state index is 0.309. The SMILES string of the molecule is COC(=O)c1[nH]cc(Cc2ccc(-c3ccccc3)cc2)c1N. The third-order valence-electron chi connectivity index (χ3n) is 3.85. The van der Waals surface area contributed by atoms with Crippen LogP contribution in [-0.2, 0) is 11.2 Å². The van der Waals surface area contributed by atoms with Gasteiger partial charge < -0.3 is 15.5 Å². The van der Waals surface area contributed by atoms with E-state index in [9.17, 15) is 4.79 Å². The maximum absolute atomic E-state index is 11.6. The fourth-order valence-corrected chi connectivity index (χ4v) is 2.56. The standard InChI is InChI=1S/C19H18N2O2/c1-23-19(22)18-17(20)16(12-21-18)11-13-7-9-15(10-8-13)14-5-3-2-4-6-14/h2-10,12,21H,11,20H2,1H3. The largest absolute Gasteiger partial charge is 0.464 e. The van der Waals surface area contributed by atoms with Gasteiger partial charge in [0.2, 0.25) is 0 Å². The molecular formula is C19H18N2O2. The summed E-state index contributed by atoms with van der Waals surface area (Å²) in [6.07, 6.45) is 2.42. The second kappa shape index (κ2) is 6.40. The monoisotopic (exact) mass is 306 g/mol. The first-order valence-corrected chi connectivity index (χ1v) is 7.37. The quantitative estimate of drug-likeness (QED) is 0.723. The number of nitrogens with one attached hydrogen (secondary N) is 1. The summed E-state index contributed by atoms with van der Waals surface area (Å²) in [4.78, 5) is 14.5. The number of nitrogens with two attached hydrogens (primary N) is 1. The molecule has 23 heavy (non-hydrogen) atoms. The van der Waals surface area contributed by atoms with Crippen molar-refractivity contribution in [1.82, 2.24) is 4.98 Å². The molecule has 0 unspecified atom stereocenters. The van der Waals surface area contributed by atoms with Gasteiger partial charge in [-0.1, -0.05) is 54.6 Å². The lowest BCUT2D eigenvalue weighted by molar-refractivity contribution is 0.0596. The van der Waals surface area contributed by atoms with Gasteiger partial charge in [-0.25, -0.2) is 4.79 Å². The Labute approximate surface area is 134 Å². The molecule has 0 saturated heterocycles. The molecule has 0 aliphatic rings. The van der Waals surface area contributed by atoms with Gasteiger partial charge in [0.15, 0.2) is 0 Å². The van der Waals surface area contributed by atoms with E-state index in [-0.39, 0.29) is 0 Å². The minimum atomic E-state index is -0.451. The van der Waals surface area contributed by atoms with Crippen molar-refractivity contribution >= 4 is 11.7 Å². The van der Waals surface area contributed by atoms with Crippen LogP contribution in [0, 0.1) is 0 Å². The molecule has 4 heteroatoms. The lowest BCUT2D eigenvalue weighted by Gasteiger charge is -2.05. The predicted octanol–water partition coefficient (Wildman–Crippen LogP) is 3.64. The Balaban J connectivity index is 1.79. The van der Waals surface area contributed by atoms with Crippen molar-refractivity contribution in [2.45, 2.75) is 6.42 Å². The van der Waals surface area contributed by atoms with E-state index >= 15 is 0 Å². The highest BCUT2D eigenvalue weighted by Crippen LogP contribution is 2.23. The lowest BCUT2D eigenvalue weighted by atomic mass is 10.0. The third-order valence-corrected chi connectivity index (χ3v) is 3.85. The number of carbonyl (C=O) groups excluding carboxylic acids is 1. The highest BCUT2D eigenvalue weighted by atomic mass is 16.5. The van der Waals surface area contributed by atoms with Gasteiger partial charge in [-0.2, -0.15) is 0 Å². The number of hydrogen-bond acceptors (Lipinski definition) is 3. The zero-order chi connectivity index (χ0) is 16.2. The number of benzene rings is 2. The van der Waals surface area contributed by atoms with Gasteiger partial charge in [0.25, 0.3) is 0 Å². The van der Waals surface area contributed by atoms with Crippen LogP contribution in [0.25, 0.3) is 11.1 Å². The number of H-pyrrole nitrogens is 1. The van der Waals surface area contributed by atoms with Crippen LogP contribution < -0.4 is 5.73 Å². The molecule has 0 saturated carbocycles. The van der Waals surface area contributed by atoms with Crippen LogP contribution in [0.2, 0.25) is 0 Å². The first-order chi connectivity index (χ1) is 11.2. The number of carbonyl (C=O) groups is 1. The first-order valence-electron chi connectivity index (χ1n) is 7.37. The van der Waals surface area contributed by atoms with Crippen LogP contribution in [0.3, 0.4) is 0 Å². The number of aromatic amines is 1. The Morgan fingerprint density at radius 1 is 1.04 bits per heavy atom. The summed E-state index contributed by atoms with van der Waals surface area (Å²) < 4.78 is 4.70. The van der Waals surface area contributed by atoms with Gasteiger partial charge in [0, 0.05) is 12.6 Å². The Morgan fingerprint density at radius 3 is 2.35 bits per heavy atom. The van der Waals surface area contributed by atoms with E-state index in [2.05, 4.69) is 41.4 Å². The minimum Gasteiger partial charge on any atom is -0.464 e. The molecule has 3 rings (SSSR count). The molecule has 1 heterocycles. The molecule has 3 N–H and O–H groups in total. The summed E-state index contributed by atoms with van der Waals surface area (Å²) in [6.45, 7) is 0. The van der Waals surface area contributed by atoms with Crippen molar-refractivity contribution in [3.63, 3.8) is 0 Å². The van der Waals surface area contributed by atoms with Gasteiger partial charge in [0.05, 0.1) is 12.8 Å². The molecule has 3 aromatic rings. The Hall–Kier alpha value is -3.01. The van der Waals surface area contributed by atoms with E-state index in [1.165, 1.54) is 18.2 Å². The number of rotatable bonds is 4. The Morgan fingerprint density at radius 2 is 1.70 bits per heavy atom. The average molecular weight is 306 g/mol. The zero-order valence-electron chi connectivity index (χ0n) is 12.9. The molecule has 2 aromatic carbocycles. The van der Waals surface area contributed by atoms with E-state index in [0.717, 1.165) is 11.1 Å². The number of esters is 1. The number of hydrogen-bond donors (Lipinski definition) is 2. The fourth-order valence-electron chi connectivity index (χ4n) is 2.56. The third kappa shape index (κ3) is 3.11. The second-order valence-electron chi connectivity index (χ2n) is 5.33. The summed E-state index contributed by atoms with van der Waals surface area (Å²) >= 11 is 0. The highest BCUT2D eigenvalue weighted by molar-refractivity contribution is 5.94. The van der Waals surface area contributed by atoms with Crippen LogP contribution in [0.1, 0.15) is 21.6 Å². The maximum Gasteiger partial charge on any atom is 0.356 e. The Bertz CT molecular complexity index is 805. The lowest BCUT2D eigenvalue weighted by Crippen LogP contribution is -2.05. The van der Waals surface area contributed by atoms with Crippen molar-refractivity contribution in [3.8, 4) is 11.1 Å². The molecule has 0 bridgehead atoms. The topological polar surface area (TPSA) is 68.1 Å². The van der Waals surface area contributed by atoms with Crippen molar-refractivity contribution < 1.29 is 9.53 Å². The van der Waals surface area contributed by atoms with Crippen LogP contribution in [0.4, 0.5) is 5.69 Å². The van der Waals surface area contributed by atoms with E-state index < -0.39 is 5.97 Å². The normalized spacial score (nSPS) is 10.5. The van der Waals surface area contributed by atoms with E-state index in [4.69, 9.17) is 10.5 Å². The van der Waals surface area contributed by atoms with Gasteiger partial charge in [-0.15, -0.1) is 0 Å². The van der Waals surface area contributed by atoms with E-state index in [0.29, 0.717) is 17.8 Å².